The number of nitrogens with zero attached hydrogens (tertiary/aromatic N) is 8. The Kier molecular flexibility index (Phi) is 6.79. The smallest absolute Gasteiger partial charge is 0.253 e. The van der Waals surface area contributed by atoms with Gasteiger partial charge in [-0.3, -0.25) is 9.20 Å². The van der Waals surface area contributed by atoms with Crippen LogP contribution in [0.1, 0.15) is 24.1 Å². The number of imidazole rings is 1. The maximum Gasteiger partial charge on any atom is 0.253 e. The van der Waals surface area contributed by atoms with Crippen LogP contribution >= 0.6 is 11.6 Å². The van der Waals surface area contributed by atoms with E-state index in [4.69, 9.17) is 16.3 Å². The minimum atomic E-state index is -0.456. The van der Waals surface area contributed by atoms with Crippen molar-refractivity contribution in [1.82, 2.24) is 29.6 Å². The number of carbonyl (C=O) groups excluding carboxylic acids is 1. The number of nitriles is 2. The number of anilines is 4. The topological polar surface area (TPSA) is 160 Å². The molecule has 2 aromatic heterocycles. The number of carbonyl (C=O) groups is 1. The Morgan fingerprint density at radius 2 is 1.95 bits per heavy atom. The SMILES string of the molecule is N#Cc1cc(Nc2nc(NC3CC3)n3cc(C#N)nc3n2)c(Cl)c(N2CCN(C(=O)C3CNCCO3)CC2)c1. The van der Waals surface area contributed by atoms with Crippen LogP contribution in [0.25, 0.3) is 5.78 Å². The first-order valence-electron chi connectivity index (χ1n) is 12.8. The summed E-state index contributed by atoms with van der Waals surface area (Å²) in [5.41, 5.74) is 1.81. The monoisotopic (exact) mass is 547 g/mol. The molecule has 2 saturated heterocycles. The molecule has 1 amide bonds. The van der Waals surface area contributed by atoms with Gasteiger partial charge in [0.05, 0.1) is 40.8 Å². The van der Waals surface area contributed by atoms with E-state index in [1.807, 2.05) is 11.0 Å². The summed E-state index contributed by atoms with van der Waals surface area (Å²) in [6.07, 6.45) is 3.21. The first-order chi connectivity index (χ1) is 19.0. The molecule has 14 heteroatoms. The van der Waals surface area contributed by atoms with Gasteiger partial charge >= 0.3 is 0 Å². The van der Waals surface area contributed by atoms with Crippen LogP contribution in [-0.4, -0.2) is 88.2 Å². The van der Waals surface area contributed by atoms with Crippen LogP contribution in [0.2, 0.25) is 5.02 Å². The number of aromatic nitrogens is 4. The van der Waals surface area contributed by atoms with Crippen LogP contribution in [0.3, 0.4) is 0 Å². The molecule has 13 nitrogen and oxygen atoms in total. The van der Waals surface area contributed by atoms with Crippen molar-refractivity contribution < 1.29 is 9.53 Å². The average molecular weight is 548 g/mol. The Bertz CT molecular complexity index is 1490. The van der Waals surface area contributed by atoms with Gasteiger partial charge in [0.1, 0.15) is 12.2 Å². The van der Waals surface area contributed by atoms with Crippen molar-refractivity contribution in [2.24, 2.45) is 0 Å². The summed E-state index contributed by atoms with van der Waals surface area (Å²) in [6.45, 7) is 3.95. The molecule has 0 spiro atoms. The highest BCUT2D eigenvalue weighted by molar-refractivity contribution is 6.36. The van der Waals surface area contributed by atoms with E-state index in [1.165, 1.54) is 0 Å². The van der Waals surface area contributed by atoms with Gasteiger partial charge in [-0.25, -0.2) is 0 Å². The third-order valence-corrected chi connectivity index (χ3v) is 7.32. The van der Waals surface area contributed by atoms with E-state index < -0.39 is 6.10 Å². The lowest BCUT2D eigenvalue weighted by Crippen LogP contribution is -2.55. The predicted octanol–water partition coefficient (Wildman–Crippen LogP) is 1.48. The molecule has 3 aromatic rings. The Morgan fingerprint density at radius 1 is 1.13 bits per heavy atom. The molecule has 3 fully saturated rings. The van der Waals surface area contributed by atoms with Crippen molar-refractivity contribution in [2.75, 3.05) is 61.4 Å². The Hall–Kier alpha value is -4.17. The van der Waals surface area contributed by atoms with Crippen molar-refractivity contribution in [3.05, 3.63) is 34.6 Å². The number of nitrogens with one attached hydrogen (secondary N) is 3. The van der Waals surface area contributed by atoms with Gasteiger partial charge in [0.2, 0.25) is 17.7 Å². The Morgan fingerprint density at radius 3 is 2.64 bits per heavy atom. The fourth-order valence-corrected chi connectivity index (χ4v) is 4.99. The van der Waals surface area contributed by atoms with E-state index in [-0.39, 0.29) is 17.5 Å². The second kappa shape index (κ2) is 10.5. The lowest BCUT2D eigenvalue weighted by atomic mass is 10.1. The fourth-order valence-electron chi connectivity index (χ4n) is 4.71. The predicted molar refractivity (Wildman–Crippen MR) is 143 cm³/mol. The molecular formula is C25H26ClN11O2. The zero-order chi connectivity index (χ0) is 26.9. The van der Waals surface area contributed by atoms with Crippen molar-refractivity contribution in [3.63, 3.8) is 0 Å². The van der Waals surface area contributed by atoms with Gasteiger partial charge in [-0.05, 0) is 25.0 Å². The average Bonchev–Trinajstić information content (AvgIpc) is 3.69. The normalized spacial score (nSPS) is 19.4. The van der Waals surface area contributed by atoms with E-state index >= 15 is 0 Å². The third-order valence-electron chi connectivity index (χ3n) is 6.92. The highest BCUT2D eigenvalue weighted by atomic mass is 35.5. The first-order valence-corrected chi connectivity index (χ1v) is 13.2. The molecule has 4 heterocycles. The molecule has 0 bridgehead atoms. The number of piperazine rings is 1. The van der Waals surface area contributed by atoms with Gasteiger partial charge in [-0.2, -0.15) is 25.5 Å². The summed E-state index contributed by atoms with van der Waals surface area (Å²) < 4.78 is 7.27. The molecule has 0 radical (unpaired) electrons. The lowest BCUT2D eigenvalue weighted by molar-refractivity contribution is -0.145. The molecule has 1 aromatic carbocycles. The van der Waals surface area contributed by atoms with Crippen LogP contribution in [0.15, 0.2) is 18.3 Å². The van der Waals surface area contributed by atoms with Crippen molar-refractivity contribution in [1.29, 1.82) is 10.5 Å². The summed E-state index contributed by atoms with van der Waals surface area (Å²) in [4.78, 5) is 30.0. The van der Waals surface area contributed by atoms with E-state index in [0.29, 0.717) is 79.1 Å². The number of halogens is 1. The summed E-state index contributed by atoms with van der Waals surface area (Å²) in [7, 11) is 0. The molecule has 1 unspecified atom stereocenters. The Balaban J connectivity index is 1.24. The highest BCUT2D eigenvalue weighted by Gasteiger charge is 2.30. The number of rotatable bonds is 6. The van der Waals surface area contributed by atoms with E-state index in [2.05, 4.69) is 41.9 Å². The highest BCUT2D eigenvalue weighted by Crippen LogP contribution is 2.36. The minimum Gasteiger partial charge on any atom is -0.367 e. The number of hydrogen-bond acceptors (Lipinski definition) is 11. The number of morpholine rings is 1. The van der Waals surface area contributed by atoms with Gasteiger partial charge in [0.25, 0.3) is 5.91 Å². The molecule has 39 heavy (non-hydrogen) atoms. The van der Waals surface area contributed by atoms with Gasteiger partial charge in [-0.15, -0.1) is 0 Å². The Labute approximate surface area is 229 Å². The molecule has 3 N–H and O–H groups in total. The van der Waals surface area contributed by atoms with E-state index in [0.717, 1.165) is 19.4 Å². The van der Waals surface area contributed by atoms with Gasteiger partial charge in [0, 0.05) is 45.3 Å². The van der Waals surface area contributed by atoms with Crippen LogP contribution in [0.4, 0.5) is 23.3 Å². The molecule has 200 valence electrons. The van der Waals surface area contributed by atoms with Crippen molar-refractivity contribution in [2.45, 2.75) is 25.0 Å². The van der Waals surface area contributed by atoms with E-state index in [9.17, 15) is 15.3 Å². The zero-order valence-corrected chi connectivity index (χ0v) is 21.8. The van der Waals surface area contributed by atoms with Crippen molar-refractivity contribution >= 4 is 46.6 Å². The van der Waals surface area contributed by atoms with Crippen LogP contribution < -0.4 is 20.9 Å². The van der Waals surface area contributed by atoms with E-state index in [1.54, 1.807) is 22.7 Å². The second-order valence-corrected chi connectivity index (χ2v) is 10.0. The number of amides is 1. The summed E-state index contributed by atoms with van der Waals surface area (Å²) >= 11 is 6.86. The molecule has 3 aliphatic rings. The summed E-state index contributed by atoms with van der Waals surface area (Å²) in [5, 5.41) is 29.1. The molecular weight excluding hydrogens is 522 g/mol. The maximum atomic E-state index is 12.9. The first kappa shape index (κ1) is 25.1. The molecule has 2 aliphatic heterocycles. The molecule has 1 aliphatic carbocycles. The van der Waals surface area contributed by atoms with Crippen LogP contribution in [0, 0.1) is 22.7 Å². The van der Waals surface area contributed by atoms with Crippen LogP contribution in [0.5, 0.6) is 0 Å². The van der Waals surface area contributed by atoms with Gasteiger partial charge in [-0.1, -0.05) is 11.6 Å². The molecule has 1 atom stereocenters. The largest absolute Gasteiger partial charge is 0.367 e. The molecule has 6 rings (SSSR count). The number of fused-ring (bicyclic) bond motifs is 1. The lowest BCUT2D eigenvalue weighted by Gasteiger charge is -2.38. The zero-order valence-electron chi connectivity index (χ0n) is 21.0. The fraction of sp³-hybridized carbons (Fsp3) is 0.440. The third kappa shape index (κ3) is 5.25. The minimum absolute atomic E-state index is 0.0113. The second-order valence-electron chi connectivity index (χ2n) is 9.67. The maximum absolute atomic E-state index is 12.9. The standard InChI is InChI=1S/C25H26ClN11O2/c26-21-18(32-23-33-24(30-16-1-2-16)37-14-17(12-28)31-25(37)34-23)9-15(11-27)10-19(21)35-4-6-36(7-5-35)22(38)20-13-29-3-8-39-20/h9-10,14,16,20,29H,1-8,13H2,(H2,30,31,32,33,34). The molecule has 1 saturated carbocycles. The number of benzene rings is 1. The van der Waals surface area contributed by atoms with Gasteiger partial charge in [0.15, 0.2) is 5.69 Å². The van der Waals surface area contributed by atoms with Crippen LogP contribution in [-0.2, 0) is 9.53 Å². The summed E-state index contributed by atoms with van der Waals surface area (Å²) in [6, 6.07) is 7.94. The quantitative estimate of drug-likeness (QED) is 0.410. The number of ether oxygens (including phenoxy) is 1. The van der Waals surface area contributed by atoms with Gasteiger partial charge < -0.3 is 30.5 Å². The van der Waals surface area contributed by atoms with Crippen molar-refractivity contribution in [3.8, 4) is 12.1 Å². The number of hydrogen-bond donors (Lipinski definition) is 3. The summed E-state index contributed by atoms with van der Waals surface area (Å²) in [5.74, 6) is 1.06.